The van der Waals surface area contributed by atoms with Crippen LogP contribution in [-0.2, 0) is 0 Å². The molecule has 0 unspecified atom stereocenters. The Labute approximate surface area is 72.9 Å². The zero-order chi connectivity index (χ0) is 7.84. The van der Waals surface area contributed by atoms with E-state index in [0.717, 1.165) is 11.1 Å². The van der Waals surface area contributed by atoms with Gasteiger partial charge in [-0.15, -0.1) is 0 Å². The smallest absolute Gasteiger partial charge is 0.200 e. The van der Waals surface area contributed by atoms with Gasteiger partial charge < -0.3 is 0 Å². The fraction of sp³-hybridized carbons (Fsp3) is 0. The minimum atomic E-state index is 0.0639. The Balaban J connectivity index is 2.67. The Bertz CT molecular complexity index is 352. The van der Waals surface area contributed by atoms with Crippen LogP contribution < -0.4 is 0 Å². The van der Waals surface area contributed by atoms with Gasteiger partial charge in [-0.3, -0.25) is 4.79 Å². The average Bonchev–Trinajstić information content (AvgIpc) is 2.30. The Morgan fingerprint density at radius 2 is 2.27 bits per heavy atom. The third kappa shape index (κ3) is 0.942. The maximum atomic E-state index is 11.3. The lowest BCUT2D eigenvalue weighted by atomic mass is 10.1. The molecule has 1 aliphatic rings. The van der Waals surface area contributed by atoms with Crippen molar-refractivity contribution in [3.05, 3.63) is 39.9 Å². The number of ketones is 1. The van der Waals surface area contributed by atoms with Crippen LogP contribution in [-0.4, -0.2) is 5.78 Å². The van der Waals surface area contributed by atoms with Gasteiger partial charge in [-0.25, -0.2) is 0 Å². The van der Waals surface area contributed by atoms with Crippen LogP contribution in [0.5, 0.6) is 0 Å². The normalized spacial score (nSPS) is 14.6. The molecule has 1 aromatic carbocycles. The summed E-state index contributed by atoms with van der Waals surface area (Å²) in [5, 5.41) is 0. The molecule has 1 radical (unpaired) electrons. The number of halogens is 1. The summed E-state index contributed by atoms with van der Waals surface area (Å²) in [6.07, 6.45) is 1.81. The molecule has 1 nitrogen and oxygen atoms in total. The van der Waals surface area contributed by atoms with E-state index >= 15 is 0 Å². The number of hydrogen-bond donors (Lipinski definition) is 0. The van der Waals surface area contributed by atoms with Crippen molar-refractivity contribution in [3.8, 4) is 0 Å². The maximum Gasteiger partial charge on any atom is 0.200 e. The predicted octanol–water partition coefficient (Wildman–Crippen LogP) is 2.42. The van der Waals surface area contributed by atoms with E-state index in [2.05, 4.69) is 22.0 Å². The minimum absolute atomic E-state index is 0.0639. The number of rotatable bonds is 0. The first-order valence-electron chi connectivity index (χ1n) is 3.21. The number of carbonyl (C=O) groups excluding carboxylic acids is 1. The van der Waals surface area contributed by atoms with Gasteiger partial charge >= 0.3 is 0 Å². The van der Waals surface area contributed by atoms with E-state index in [-0.39, 0.29) is 5.78 Å². The Morgan fingerprint density at radius 1 is 1.45 bits per heavy atom. The lowest BCUT2D eigenvalue weighted by Crippen LogP contribution is -1.92. The molecule has 0 spiro atoms. The summed E-state index contributed by atoms with van der Waals surface area (Å²) < 4.78 is 0.632. The van der Waals surface area contributed by atoms with Crippen molar-refractivity contribution in [2.45, 2.75) is 0 Å². The Kier molecular flexibility index (Phi) is 1.43. The summed E-state index contributed by atoms with van der Waals surface area (Å²) in [6, 6.07) is 8.25. The topological polar surface area (TPSA) is 17.1 Å². The van der Waals surface area contributed by atoms with Crippen molar-refractivity contribution in [1.29, 1.82) is 0 Å². The van der Waals surface area contributed by atoms with Gasteiger partial charge in [-0.05, 0) is 45.8 Å². The van der Waals surface area contributed by atoms with E-state index in [1.807, 2.05) is 12.1 Å². The van der Waals surface area contributed by atoms with Crippen molar-refractivity contribution in [3.63, 3.8) is 0 Å². The first kappa shape index (κ1) is 6.80. The first-order chi connectivity index (χ1) is 5.29. The number of allylic oxidation sites excluding steroid dienone is 1. The van der Waals surface area contributed by atoms with Crippen LogP contribution in [0, 0.1) is 6.07 Å². The predicted molar refractivity (Wildman–Crippen MR) is 46.5 cm³/mol. The molecule has 53 valence electrons. The summed E-state index contributed by atoms with van der Waals surface area (Å²) in [5.74, 6) is 0.0639. The quantitative estimate of drug-likeness (QED) is 0.639. The van der Waals surface area contributed by atoms with E-state index in [1.54, 1.807) is 12.1 Å². The molecule has 1 aliphatic carbocycles. The van der Waals surface area contributed by atoms with Crippen molar-refractivity contribution in [2.75, 3.05) is 0 Å². The van der Waals surface area contributed by atoms with Crippen LogP contribution in [0.15, 0.2) is 22.7 Å². The highest BCUT2D eigenvalue weighted by Gasteiger charge is 2.18. The molecule has 0 aromatic heterocycles. The van der Waals surface area contributed by atoms with Gasteiger partial charge in [0, 0.05) is 5.56 Å². The molecule has 0 saturated heterocycles. The second kappa shape index (κ2) is 2.31. The van der Waals surface area contributed by atoms with E-state index < -0.39 is 0 Å². The molecule has 0 amide bonds. The van der Waals surface area contributed by atoms with Gasteiger partial charge in [0.15, 0.2) is 0 Å². The second-order valence-electron chi connectivity index (χ2n) is 2.33. The molecular weight excluding hydrogens is 204 g/mol. The third-order valence-corrected chi connectivity index (χ3v) is 2.23. The summed E-state index contributed by atoms with van der Waals surface area (Å²) in [7, 11) is 0. The summed E-state index contributed by atoms with van der Waals surface area (Å²) >= 11 is 3.18. The van der Waals surface area contributed by atoms with Gasteiger partial charge in [0.25, 0.3) is 0 Å². The second-order valence-corrected chi connectivity index (χ2v) is 3.19. The van der Waals surface area contributed by atoms with Crippen LogP contribution in [0.1, 0.15) is 15.9 Å². The van der Waals surface area contributed by atoms with E-state index in [0.29, 0.717) is 4.48 Å². The standard InChI is InChI=1S/C9H4BrO/c10-8-5-6-3-1-2-4-7(6)9(8)11/h2-5H. The molecule has 0 saturated carbocycles. The molecule has 0 bridgehead atoms. The number of hydrogen-bond acceptors (Lipinski definition) is 1. The van der Waals surface area contributed by atoms with Crippen LogP contribution >= 0.6 is 15.9 Å². The van der Waals surface area contributed by atoms with Crippen LogP contribution in [0.25, 0.3) is 6.08 Å². The van der Waals surface area contributed by atoms with Crippen LogP contribution in [0.4, 0.5) is 0 Å². The molecule has 0 atom stereocenters. The lowest BCUT2D eigenvalue weighted by Gasteiger charge is -1.92. The number of carbonyl (C=O) groups is 1. The molecule has 1 aromatic rings. The van der Waals surface area contributed by atoms with E-state index in [9.17, 15) is 4.79 Å². The number of benzene rings is 1. The van der Waals surface area contributed by atoms with Gasteiger partial charge in [0.1, 0.15) is 0 Å². The summed E-state index contributed by atoms with van der Waals surface area (Å²) in [6.45, 7) is 0. The summed E-state index contributed by atoms with van der Waals surface area (Å²) in [5.41, 5.74) is 1.71. The average molecular weight is 208 g/mol. The Hall–Kier alpha value is -0.890. The molecule has 11 heavy (non-hydrogen) atoms. The largest absolute Gasteiger partial charge is 0.288 e. The van der Waals surface area contributed by atoms with Crippen LogP contribution in [0.2, 0.25) is 0 Å². The zero-order valence-corrected chi connectivity index (χ0v) is 7.18. The molecule has 0 fully saturated rings. The fourth-order valence-electron chi connectivity index (χ4n) is 1.10. The first-order valence-corrected chi connectivity index (χ1v) is 4.00. The highest BCUT2D eigenvalue weighted by atomic mass is 79.9. The molecule has 0 N–H and O–H groups in total. The van der Waals surface area contributed by atoms with Gasteiger partial charge in [0.05, 0.1) is 4.48 Å². The lowest BCUT2D eigenvalue weighted by molar-refractivity contribution is 0.104. The monoisotopic (exact) mass is 207 g/mol. The van der Waals surface area contributed by atoms with E-state index in [4.69, 9.17) is 0 Å². The third-order valence-electron chi connectivity index (χ3n) is 1.64. The zero-order valence-electron chi connectivity index (χ0n) is 5.60. The van der Waals surface area contributed by atoms with Crippen molar-refractivity contribution in [2.24, 2.45) is 0 Å². The van der Waals surface area contributed by atoms with Gasteiger partial charge in [0.2, 0.25) is 5.78 Å². The van der Waals surface area contributed by atoms with Crippen LogP contribution in [0.3, 0.4) is 0 Å². The molecule has 2 heteroatoms. The SMILES string of the molecule is O=C1C(Br)=Cc2c[c]ccc21. The van der Waals surface area contributed by atoms with Crippen molar-refractivity contribution in [1.82, 2.24) is 0 Å². The molecular formula is C9H4BrO. The highest BCUT2D eigenvalue weighted by molar-refractivity contribution is 9.12. The number of fused-ring (bicyclic) bond motifs is 1. The Morgan fingerprint density at radius 3 is 3.00 bits per heavy atom. The van der Waals surface area contributed by atoms with Crippen molar-refractivity contribution >= 4 is 27.8 Å². The maximum absolute atomic E-state index is 11.3. The fourth-order valence-corrected chi connectivity index (χ4v) is 1.56. The molecule has 0 heterocycles. The van der Waals surface area contributed by atoms with E-state index in [1.165, 1.54) is 0 Å². The highest BCUT2D eigenvalue weighted by Crippen LogP contribution is 2.27. The molecule has 0 aliphatic heterocycles. The summed E-state index contributed by atoms with van der Waals surface area (Å²) in [4.78, 5) is 11.3. The molecule has 2 rings (SSSR count). The van der Waals surface area contributed by atoms with Gasteiger partial charge in [-0.1, -0.05) is 6.07 Å². The number of Topliss-reactive ketones (excluding diaryl/α,β-unsaturated/α-hetero) is 1. The minimum Gasteiger partial charge on any atom is -0.288 e. The van der Waals surface area contributed by atoms with Crippen molar-refractivity contribution < 1.29 is 4.79 Å². The van der Waals surface area contributed by atoms with Gasteiger partial charge in [-0.2, -0.15) is 0 Å².